The van der Waals surface area contributed by atoms with Crippen molar-refractivity contribution in [1.29, 1.82) is 0 Å². The topological polar surface area (TPSA) is 18.5 Å². The van der Waals surface area contributed by atoms with E-state index in [2.05, 4.69) is 20.8 Å². The molecule has 0 spiro atoms. The van der Waals surface area contributed by atoms with Gasteiger partial charge in [0.25, 0.3) is 0 Å². The first-order valence-corrected chi connectivity index (χ1v) is 5.26. The fourth-order valence-electron chi connectivity index (χ4n) is 1.24. The van der Waals surface area contributed by atoms with Crippen molar-refractivity contribution in [1.82, 2.24) is 0 Å². The maximum Gasteiger partial charge on any atom is 0.161 e. The number of hydrogen-bond donors (Lipinski definition) is 0. The maximum atomic E-state index is 5.64. The quantitative estimate of drug-likeness (QED) is 0.738. The highest BCUT2D eigenvalue weighted by atomic mass is 16.5. The second kappa shape index (κ2) is 5.64. The van der Waals surface area contributed by atoms with E-state index in [0.29, 0.717) is 12.5 Å². The first-order valence-electron chi connectivity index (χ1n) is 5.26. The van der Waals surface area contributed by atoms with Gasteiger partial charge < -0.3 is 9.47 Å². The van der Waals surface area contributed by atoms with Gasteiger partial charge in [-0.3, -0.25) is 0 Å². The third-order valence-electron chi connectivity index (χ3n) is 2.09. The van der Waals surface area contributed by atoms with Gasteiger partial charge in [-0.2, -0.15) is 0 Å². The van der Waals surface area contributed by atoms with Crippen LogP contribution in [-0.2, 0) is 6.42 Å². The van der Waals surface area contributed by atoms with E-state index in [1.54, 1.807) is 7.11 Å². The summed E-state index contributed by atoms with van der Waals surface area (Å²) in [6, 6.07) is 5.94. The average molecular weight is 207 g/mol. The van der Waals surface area contributed by atoms with Crippen LogP contribution in [0.4, 0.5) is 0 Å². The van der Waals surface area contributed by atoms with Gasteiger partial charge in [0.05, 0.1) is 13.7 Å². The van der Waals surface area contributed by atoms with Crippen LogP contribution in [-0.4, -0.2) is 13.7 Å². The van der Waals surface area contributed by atoms with Crippen molar-refractivity contribution in [3.63, 3.8) is 0 Å². The Morgan fingerprint density at radius 2 is 2.00 bits per heavy atom. The Kier molecular flexibility index (Phi) is 4.47. The lowest BCUT2D eigenvalue weighted by molar-refractivity contribution is 0.257. The van der Waals surface area contributed by atoms with Gasteiger partial charge in [0.15, 0.2) is 11.5 Å². The molecule has 0 unspecified atom stereocenters. The van der Waals surface area contributed by atoms with Gasteiger partial charge in [0, 0.05) is 0 Å². The Morgan fingerprint density at radius 3 is 2.53 bits per heavy atom. The molecular weight excluding hydrogens is 188 g/mol. The first-order chi connectivity index (χ1) is 7.17. The molecule has 0 aromatic heterocycles. The fraction of sp³-hybridized carbons (Fsp3) is 0.462. The second-order valence-corrected chi connectivity index (χ2v) is 3.94. The number of ether oxygens (including phenoxy) is 2. The molecule has 1 aromatic carbocycles. The monoisotopic (exact) mass is 207 g/mol. The molecule has 0 saturated heterocycles. The minimum Gasteiger partial charge on any atom is -0.493 e. The zero-order chi connectivity index (χ0) is 11.3. The van der Waals surface area contributed by atoms with Crippen molar-refractivity contribution in [2.75, 3.05) is 13.7 Å². The number of methoxy groups -OCH3 is 1. The minimum atomic E-state index is 0.516. The van der Waals surface area contributed by atoms with E-state index < -0.39 is 0 Å². The largest absolute Gasteiger partial charge is 0.493 e. The Balaban J connectivity index is 2.78. The van der Waals surface area contributed by atoms with E-state index in [-0.39, 0.29) is 0 Å². The van der Waals surface area contributed by atoms with Crippen LogP contribution in [0.15, 0.2) is 18.2 Å². The predicted molar refractivity (Wildman–Crippen MR) is 62.4 cm³/mol. The maximum absolute atomic E-state index is 5.64. The molecule has 0 fully saturated rings. The lowest BCUT2D eigenvalue weighted by Gasteiger charge is -2.13. The van der Waals surface area contributed by atoms with Gasteiger partial charge in [0.1, 0.15) is 0 Å². The van der Waals surface area contributed by atoms with Crippen molar-refractivity contribution >= 4 is 0 Å². The van der Waals surface area contributed by atoms with Crippen LogP contribution in [0.25, 0.3) is 0 Å². The zero-order valence-corrected chi connectivity index (χ0v) is 9.75. The van der Waals surface area contributed by atoms with Gasteiger partial charge in [-0.25, -0.2) is 0 Å². The van der Waals surface area contributed by atoms with E-state index in [0.717, 1.165) is 23.5 Å². The molecule has 0 aliphatic rings. The minimum absolute atomic E-state index is 0.516. The van der Waals surface area contributed by atoms with Crippen LogP contribution in [0.3, 0.4) is 0 Å². The molecule has 0 bridgehead atoms. The molecule has 1 rings (SSSR count). The third-order valence-corrected chi connectivity index (χ3v) is 2.09. The van der Waals surface area contributed by atoms with E-state index >= 15 is 0 Å². The van der Waals surface area contributed by atoms with Crippen molar-refractivity contribution in [3.05, 3.63) is 30.7 Å². The predicted octanol–water partition coefficient (Wildman–Crippen LogP) is 3.11. The second-order valence-electron chi connectivity index (χ2n) is 3.94. The molecule has 15 heavy (non-hydrogen) atoms. The average Bonchev–Trinajstić information content (AvgIpc) is 2.25. The van der Waals surface area contributed by atoms with Gasteiger partial charge in [-0.1, -0.05) is 19.9 Å². The van der Waals surface area contributed by atoms with Crippen LogP contribution in [0.2, 0.25) is 0 Å². The Bertz CT molecular complexity index is 305. The van der Waals surface area contributed by atoms with Gasteiger partial charge in [0.2, 0.25) is 0 Å². The Labute approximate surface area is 92.2 Å². The summed E-state index contributed by atoms with van der Waals surface area (Å²) >= 11 is 0. The molecular formula is C13H19O2. The van der Waals surface area contributed by atoms with E-state index in [9.17, 15) is 0 Å². The van der Waals surface area contributed by atoms with Crippen LogP contribution in [0.1, 0.15) is 19.4 Å². The lowest BCUT2D eigenvalue weighted by Crippen LogP contribution is -2.05. The fourth-order valence-corrected chi connectivity index (χ4v) is 1.24. The van der Waals surface area contributed by atoms with Crippen LogP contribution < -0.4 is 9.47 Å². The highest BCUT2D eigenvalue weighted by Gasteiger charge is 2.05. The van der Waals surface area contributed by atoms with Gasteiger partial charge in [-0.15, -0.1) is 0 Å². The number of hydrogen-bond acceptors (Lipinski definition) is 2. The highest BCUT2D eigenvalue weighted by molar-refractivity contribution is 5.43. The summed E-state index contributed by atoms with van der Waals surface area (Å²) in [5, 5.41) is 0. The number of rotatable bonds is 5. The highest BCUT2D eigenvalue weighted by Crippen LogP contribution is 2.28. The summed E-state index contributed by atoms with van der Waals surface area (Å²) in [7, 11) is 1.66. The summed E-state index contributed by atoms with van der Waals surface area (Å²) in [6.07, 6.45) is 0.765. The zero-order valence-electron chi connectivity index (χ0n) is 9.75. The molecule has 0 amide bonds. The molecule has 0 saturated carbocycles. The Morgan fingerprint density at radius 1 is 1.27 bits per heavy atom. The molecule has 1 aromatic rings. The molecule has 2 nitrogen and oxygen atoms in total. The summed E-state index contributed by atoms with van der Waals surface area (Å²) in [5.74, 6) is 2.11. The van der Waals surface area contributed by atoms with Crippen molar-refractivity contribution < 1.29 is 9.47 Å². The SMILES string of the molecule is [CH2]Cc1ccc(OCC(C)C)c(OC)c1. The third kappa shape index (κ3) is 3.46. The molecule has 83 valence electrons. The van der Waals surface area contributed by atoms with Crippen LogP contribution in [0, 0.1) is 12.8 Å². The molecule has 0 aliphatic carbocycles. The standard InChI is InChI=1S/C13H19O2/c1-5-11-6-7-12(13(8-11)14-4)15-9-10(2)3/h6-8,10H,1,5,9H2,2-4H3. The molecule has 2 heteroatoms. The van der Waals surface area contributed by atoms with Crippen molar-refractivity contribution in [2.24, 2.45) is 5.92 Å². The smallest absolute Gasteiger partial charge is 0.161 e. The van der Waals surface area contributed by atoms with Gasteiger partial charge in [-0.05, 0) is 37.0 Å². The molecule has 0 N–H and O–H groups in total. The molecule has 1 radical (unpaired) electrons. The summed E-state index contributed by atoms with van der Waals surface area (Å²) in [5.41, 5.74) is 1.16. The summed E-state index contributed by atoms with van der Waals surface area (Å²) in [6.45, 7) is 8.79. The summed E-state index contributed by atoms with van der Waals surface area (Å²) in [4.78, 5) is 0. The normalized spacial score (nSPS) is 10.5. The Hall–Kier alpha value is -1.18. The van der Waals surface area contributed by atoms with Crippen LogP contribution in [0.5, 0.6) is 11.5 Å². The van der Waals surface area contributed by atoms with Gasteiger partial charge >= 0.3 is 0 Å². The van der Waals surface area contributed by atoms with E-state index in [1.807, 2.05) is 18.2 Å². The lowest BCUT2D eigenvalue weighted by atomic mass is 10.1. The van der Waals surface area contributed by atoms with Crippen molar-refractivity contribution in [2.45, 2.75) is 20.3 Å². The van der Waals surface area contributed by atoms with E-state index in [4.69, 9.17) is 9.47 Å². The number of benzene rings is 1. The molecule has 0 heterocycles. The van der Waals surface area contributed by atoms with Crippen LogP contribution >= 0.6 is 0 Å². The summed E-state index contributed by atoms with van der Waals surface area (Å²) < 4.78 is 10.9. The molecule has 0 atom stereocenters. The van der Waals surface area contributed by atoms with E-state index in [1.165, 1.54) is 0 Å². The first kappa shape index (κ1) is 11.9. The molecule has 0 aliphatic heterocycles. The van der Waals surface area contributed by atoms with Crippen molar-refractivity contribution in [3.8, 4) is 11.5 Å².